The van der Waals surface area contributed by atoms with Crippen molar-refractivity contribution in [3.05, 3.63) is 21.6 Å². The summed E-state index contributed by atoms with van der Waals surface area (Å²) in [4.78, 5) is 19.6. The molecule has 1 N–H and O–H groups in total. The molecule has 1 atom stereocenters. The van der Waals surface area contributed by atoms with Crippen molar-refractivity contribution in [2.75, 3.05) is 18.0 Å². The van der Waals surface area contributed by atoms with Crippen LogP contribution in [0.15, 0.2) is 6.33 Å². The number of rotatable bonds is 2. The van der Waals surface area contributed by atoms with Crippen LogP contribution in [0.2, 0.25) is 5.15 Å². The molecule has 98 valence electrons. The molecule has 2 rings (SSSR count). The van der Waals surface area contributed by atoms with E-state index >= 15 is 0 Å². The van der Waals surface area contributed by atoms with E-state index in [9.17, 15) is 15.2 Å². The average Bonchev–Trinajstić information content (AvgIpc) is 2.26. The lowest BCUT2D eigenvalue weighted by atomic mass is 9.95. The molecule has 0 bridgehead atoms. The molecule has 1 aliphatic rings. The Kier molecular flexibility index (Phi) is 3.36. The van der Waals surface area contributed by atoms with Gasteiger partial charge in [-0.05, 0) is 19.8 Å². The number of halogens is 1. The number of β-amino-alcohol motifs (C(OH)–C–C–N with tert-alkyl or cyclic N) is 1. The summed E-state index contributed by atoms with van der Waals surface area (Å²) in [6.45, 7) is 2.60. The van der Waals surface area contributed by atoms with Crippen LogP contribution in [0.1, 0.15) is 19.8 Å². The van der Waals surface area contributed by atoms with Crippen molar-refractivity contribution >= 4 is 23.1 Å². The summed E-state index contributed by atoms with van der Waals surface area (Å²) in [5.74, 6) is 0.167. The summed E-state index contributed by atoms with van der Waals surface area (Å²) < 4.78 is 0. The molecule has 0 radical (unpaired) electrons. The fourth-order valence-corrected chi connectivity index (χ4v) is 2.34. The molecule has 0 amide bonds. The van der Waals surface area contributed by atoms with E-state index in [4.69, 9.17) is 11.6 Å². The van der Waals surface area contributed by atoms with E-state index in [0.717, 1.165) is 6.42 Å². The number of piperidine rings is 1. The van der Waals surface area contributed by atoms with Crippen molar-refractivity contribution in [1.29, 1.82) is 0 Å². The van der Waals surface area contributed by atoms with Gasteiger partial charge in [0.2, 0.25) is 11.0 Å². The smallest absolute Gasteiger partial charge is 0.348 e. The van der Waals surface area contributed by atoms with E-state index in [1.165, 1.54) is 6.33 Å². The second-order valence-electron chi connectivity index (χ2n) is 4.62. The molecule has 1 unspecified atom stereocenters. The summed E-state index contributed by atoms with van der Waals surface area (Å²) in [5.41, 5.74) is -1.18. The highest BCUT2D eigenvalue weighted by Crippen LogP contribution is 2.34. The van der Waals surface area contributed by atoms with Crippen LogP contribution in [0, 0.1) is 10.1 Å². The van der Waals surface area contributed by atoms with Crippen LogP contribution in [-0.4, -0.2) is 38.7 Å². The Morgan fingerprint density at radius 3 is 2.94 bits per heavy atom. The fraction of sp³-hybridized carbons (Fsp3) is 0.600. The predicted octanol–water partition coefficient (Wildman–Crippen LogP) is 1.39. The topological polar surface area (TPSA) is 92.4 Å². The molecule has 2 heterocycles. The molecule has 8 heteroatoms. The highest BCUT2D eigenvalue weighted by atomic mass is 35.5. The molecule has 1 fully saturated rings. The van der Waals surface area contributed by atoms with E-state index in [0.29, 0.717) is 19.5 Å². The molecular formula is C10H13ClN4O3. The number of aromatic nitrogens is 2. The quantitative estimate of drug-likeness (QED) is 0.497. The minimum Gasteiger partial charge on any atom is -0.388 e. The minimum absolute atomic E-state index is 0.167. The monoisotopic (exact) mass is 272 g/mol. The molecule has 0 saturated carbocycles. The normalized spacial score (nSPS) is 24.1. The fourth-order valence-electron chi connectivity index (χ4n) is 2.14. The third kappa shape index (κ3) is 2.51. The largest absolute Gasteiger partial charge is 0.388 e. The summed E-state index contributed by atoms with van der Waals surface area (Å²) in [7, 11) is 0. The molecule has 1 saturated heterocycles. The van der Waals surface area contributed by atoms with Crippen molar-refractivity contribution in [2.45, 2.75) is 25.4 Å². The van der Waals surface area contributed by atoms with Gasteiger partial charge in [-0.15, -0.1) is 0 Å². The van der Waals surface area contributed by atoms with Crippen molar-refractivity contribution in [3.63, 3.8) is 0 Å². The van der Waals surface area contributed by atoms with E-state index < -0.39 is 10.5 Å². The van der Waals surface area contributed by atoms with Crippen molar-refractivity contribution in [3.8, 4) is 0 Å². The summed E-state index contributed by atoms with van der Waals surface area (Å²) in [6.07, 6.45) is 2.59. The Bertz CT molecular complexity index is 480. The molecule has 1 aliphatic heterocycles. The van der Waals surface area contributed by atoms with E-state index in [2.05, 4.69) is 9.97 Å². The van der Waals surface area contributed by atoms with Gasteiger partial charge in [-0.3, -0.25) is 10.1 Å². The summed E-state index contributed by atoms with van der Waals surface area (Å²) >= 11 is 5.73. The zero-order chi connectivity index (χ0) is 13.3. The SMILES string of the molecule is CC1(O)CCCN(c2ncnc(Cl)c2[N+](=O)[O-])C1. The first-order chi connectivity index (χ1) is 8.41. The molecule has 0 aliphatic carbocycles. The Balaban J connectivity index is 2.39. The van der Waals surface area contributed by atoms with Crippen LogP contribution < -0.4 is 4.90 Å². The third-order valence-electron chi connectivity index (χ3n) is 2.92. The Labute approximate surface area is 109 Å². The van der Waals surface area contributed by atoms with Crippen LogP contribution >= 0.6 is 11.6 Å². The minimum atomic E-state index is -0.871. The van der Waals surface area contributed by atoms with Gasteiger partial charge >= 0.3 is 5.69 Å². The number of hydrogen-bond acceptors (Lipinski definition) is 6. The van der Waals surface area contributed by atoms with Gasteiger partial charge in [-0.2, -0.15) is 0 Å². The van der Waals surface area contributed by atoms with Gasteiger partial charge in [0, 0.05) is 13.1 Å². The second-order valence-corrected chi connectivity index (χ2v) is 4.97. The number of nitrogens with zero attached hydrogens (tertiary/aromatic N) is 4. The molecule has 7 nitrogen and oxygen atoms in total. The highest BCUT2D eigenvalue weighted by molar-refractivity contribution is 6.31. The van der Waals surface area contributed by atoms with Gasteiger partial charge in [0.15, 0.2) is 0 Å². The zero-order valence-electron chi connectivity index (χ0n) is 9.84. The van der Waals surface area contributed by atoms with Crippen LogP contribution in [-0.2, 0) is 0 Å². The van der Waals surface area contributed by atoms with Crippen molar-refractivity contribution in [1.82, 2.24) is 9.97 Å². The first-order valence-electron chi connectivity index (χ1n) is 5.53. The maximum atomic E-state index is 11.0. The molecule has 0 spiro atoms. The second kappa shape index (κ2) is 4.66. The number of nitro groups is 1. The maximum absolute atomic E-state index is 11.0. The third-order valence-corrected chi connectivity index (χ3v) is 3.19. The molecule has 18 heavy (non-hydrogen) atoms. The van der Waals surface area contributed by atoms with Crippen LogP contribution in [0.3, 0.4) is 0 Å². The first-order valence-corrected chi connectivity index (χ1v) is 5.91. The van der Waals surface area contributed by atoms with Crippen LogP contribution in [0.5, 0.6) is 0 Å². The van der Waals surface area contributed by atoms with E-state index in [1.807, 2.05) is 0 Å². The molecule has 1 aromatic rings. The van der Waals surface area contributed by atoms with Gasteiger partial charge in [0.25, 0.3) is 0 Å². The predicted molar refractivity (Wildman–Crippen MR) is 65.8 cm³/mol. The lowest BCUT2D eigenvalue weighted by Crippen LogP contribution is -2.46. The standard InChI is InChI=1S/C10H13ClN4O3/c1-10(16)3-2-4-14(5-10)9-7(15(17)18)8(11)12-6-13-9/h6,16H,2-5H2,1H3. The van der Waals surface area contributed by atoms with Gasteiger partial charge < -0.3 is 10.0 Å². The van der Waals surface area contributed by atoms with Crippen molar-refractivity contribution in [2.24, 2.45) is 0 Å². The van der Waals surface area contributed by atoms with Crippen molar-refractivity contribution < 1.29 is 10.0 Å². The van der Waals surface area contributed by atoms with E-state index in [1.54, 1.807) is 11.8 Å². The first kappa shape index (κ1) is 13.0. The Morgan fingerprint density at radius 2 is 2.33 bits per heavy atom. The van der Waals surface area contributed by atoms with Crippen LogP contribution in [0.25, 0.3) is 0 Å². The Hall–Kier alpha value is -1.47. The number of aliphatic hydroxyl groups is 1. The number of hydrogen-bond donors (Lipinski definition) is 1. The summed E-state index contributed by atoms with van der Waals surface area (Å²) in [5, 5.41) is 20.8. The van der Waals surface area contributed by atoms with Gasteiger partial charge in [0.1, 0.15) is 6.33 Å². The Morgan fingerprint density at radius 1 is 1.61 bits per heavy atom. The maximum Gasteiger partial charge on any atom is 0.348 e. The van der Waals surface area contributed by atoms with Gasteiger partial charge in [-0.25, -0.2) is 9.97 Å². The molecular weight excluding hydrogens is 260 g/mol. The summed E-state index contributed by atoms with van der Waals surface area (Å²) in [6, 6.07) is 0. The van der Waals surface area contributed by atoms with Gasteiger partial charge in [-0.1, -0.05) is 11.6 Å². The lowest BCUT2D eigenvalue weighted by Gasteiger charge is -2.37. The molecule has 0 aromatic carbocycles. The van der Waals surface area contributed by atoms with Crippen LogP contribution in [0.4, 0.5) is 11.5 Å². The average molecular weight is 273 g/mol. The molecule has 1 aromatic heterocycles. The zero-order valence-corrected chi connectivity index (χ0v) is 10.6. The lowest BCUT2D eigenvalue weighted by molar-refractivity contribution is -0.384. The number of anilines is 1. The van der Waals surface area contributed by atoms with Gasteiger partial charge in [0.05, 0.1) is 10.5 Å². The highest BCUT2D eigenvalue weighted by Gasteiger charge is 2.33. The van der Waals surface area contributed by atoms with E-state index in [-0.39, 0.29) is 16.7 Å².